The highest BCUT2D eigenvalue weighted by Crippen LogP contribution is 2.23. The third-order valence-corrected chi connectivity index (χ3v) is 2.82. The van der Waals surface area contributed by atoms with E-state index in [1.165, 1.54) is 31.7 Å². The summed E-state index contributed by atoms with van der Waals surface area (Å²) in [6.07, 6.45) is 2.73. The average molecular weight is 279 g/mol. The maximum Gasteiger partial charge on any atom is 0.258 e. The van der Waals surface area contributed by atoms with E-state index in [4.69, 9.17) is 16.0 Å². The van der Waals surface area contributed by atoms with Crippen molar-refractivity contribution in [2.45, 2.75) is 0 Å². The van der Waals surface area contributed by atoms with Crippen LogP contribution in [0, 0.1) is 0 Å². The molecule has 0 spiro atoms. The number of carbonyl (C=O) groups is 2. The van der Waals surface area contributed by atoms with Gasteiger partial charge in [0.05, 0.1) is 22.5 Å². The van der Waals surface area contributed by atoms with Crippen molar-refractivity contribution in [3.8, 4) is 0 Å². The van der Waals surface area contributed by atoms with Crippen LogP contribution in [0.4, 0.5) is 5.69 Å². The minimum absolute atomic E-state index is 0.254. The molecule has 5 nitrogen and oxygen atoms in total. The SMILES string of the molecule is CNC(=O)c1ccc(Cl)c(NC(=O)c2ccoc2)c1. The lowest BCUT2D eigenvalue weighted by atomic mass is 10.2. The Morgan fingerprint density at radius 1 is 1.16 bits per heavy atom. The van der Waals surface area contributed by atoms with Gasteiger partial charge in [0.1, 0.15) is 6.26 Å². The molecule has 19 heavy (non-hydrogen) atoms. The number of anilines is 1. The third-order valence-electron chi connectivity index (χ3n) is 2.49. The van der Waals surface area contributed by atoms with Crippen LogP contribution in [-0.4, -0.2) is 18.9 Å². The quantitative estimate of drug-likeness (QED) is 0.906. The second-order valence-electron chi connectivity index (χ2n) is 3.74. The molecule has 0 radical (unpaired) electrons. The standard InChI is InChI=1S/C13H11ClN2O3/c1-15-12(17)8-2-3-10(14)11(6-8)16-13(18)9-4-5-19-7-9/h2-7H,1H3,(H,15,17)(H,16,18). The monoisotopic (exact) mass is 278 g/mol. The molecule has 0 bridgehead atoms. The van der Waals surface area contributed by atoms with Gasteiger partial charge in [-0.3, -0.25) is 9.59 Å². The summed E-state index contributed by atoms with van der Waals surface area (Å²) in [6, 6.07) is 6.18. The van der Waals surface area contributed by atoms with Crippen LogP contribution in [0.15, 0.2) is 41.2 Å². The fraction of sp³-hybridized carbons (Fsp3) is 0.0769. The highest BCUT2D eigenvalue weighted by atomic mass is 35.5. The van der Waals surface area contributed by atoms with Gasteiger partial charge in [0, 0.05) is 12.6 Å². The Morgan fingerprint density at radius 2 is 1.95 bits per heavy atom. The van der Waals surface area contributed by atoms with E-state index in [2.05, 4.69) is 10.6 Å². The molecule has 1 aromatic heterocycles. The second kappa shape index (κ2) is 5.58. The largest absolute Gasteiger partial charge is 0.472 e. The molecule has 1 heterocycles. The number of hydrogen-bond acceptors (Lipinski definition) is 3. The fourth-order valence-electron chi connectivity index (χ4n) is 1.49. The summed E-state index contributed by atoms with van der Waals surface area (Å²) in [5, 5.41) is 5.47. The Morgan fingerprint density at radius 3 is 2.58 bits per heavy atom. The first-order chi connectivity index (χ1) is 9.11. The smallest absolute Gasteiger partial charge is 0.258 e. The van der Waals surface area contributed by atoms with Gasteiger partial charge in [0.2, 0.25) is 0 Å². The number of amides is 2. The molecule has 6 heteroatoms. The maximum atomic E-state index is 11.8. The van der Waals surface area contributed by atoms with Gasteiger partial charge in [-0.25, -0.2) is 0 Å². The molecule has 2 rings (SSSR count). The number of hydrogen-bond donors (Lipinski definition) is 2. The average Bonchev–Trinajstić information content (AvgIpc) is 2.94. The molecule has 0 fully saturated rings. The molecule has 98 valence electrons. The number of nitrogens with one attached hydrogen (secondary N) is 2. The van der Waals surface area contributed by atoms with Crippen LogP contribution in [0.3, 0.4) is 0 Å². The first kappa shape index (κ1) is 13.2. The number of furan rings is 1. The topological polar surface area (TPSA) is 71.3 Å². The molecule has 0 saturated heterocycles. The minimum atomic E-state index is -0.357. The molecule has 0 aliphatic heterocycles. The van der Waals surface area contributed by atoms with Crippen LogP contribution in [0.5, 0.6) is 0 Å². The van der Waals surface area contributed by atoms with Crippen molar-refractivity contribution < 1.29 is 14.0 Å². The van der Waals surface area contributed by atoms with E-state index >= 15 is 0 Å². The van der Waals surface area contributed by atoms with Crippen LogP contribution in [0.25, 0.3) is 0 Å². The van der Waals surface area contributed by atoms with Crippen LogP contribution >= 0.6 is 11.6 Å². The van der Waals surface area contributed by atoms with E-state index in [1.54, 1.807) is 12.1 Å². The van der Waals surface area contributed by atoms with Crippen LogP contribution in [0.1, 0.15) is 20.7 Å². The van der Waals surface area contributed by atoms with E-state index in [-0.39, 0.29) is 11.8 Å². The van der Waals surface area contributed by atoms with E-state index in [1.807, 2.05) is 0 Å². The molecule has 0 aliphatic rings. The Labute approximate surface area is 114 Å². The van der Waals surface area contributed by atoms with Crippen LogP contribution in [0.2, 0.25) is 5.02 Å². The summed E-state index contributed by atoms with van der Waals surface area (Å²) in [6.45, 7) is 0. The molecule has 0 atom stereocenters. The molecule has 2 amide bonds. The summed E-state index contributed by atoms with van der Waals surface area (Å²) in [4.78, 5) is 23.4. The highest BCUT2D eigenvalue weighted by Gasteiger charge is 2.12. The molecule has 2 aromatic rings. The van der Waals surface area contributed by atoms with E-state index in [9.17, 15) is 9.59 Å². The Kier molecular flexibility index (Phi) is 3.87. The Hall–Kier alpha value is -2.27. The van der Waals surface area contributed by atoms with Crippen molar-refractivity contribution in [1.82, 2.24) is 5.32 Å². The zero-order valence-electron chi connectivity index (χ0n) is 10.1. The van der Waals surface area contributed by atoms with Crippen LogP contribution < -0.4 is 10.6 Å². The predicted molar refractivity (Wildman–Crippen MR) is 71.5 cm³/mol. The van der Waals surface area contributed by atoms with E-state index in [0.29, 0.717) is 21.8 Å². The molecule has 0 aliphatic carbocycles. The maximum absolute atomic E-state index is 11.8. The zero-order chi connectivity index (χ0) is 13.8. The Bertz CT molecular complexity index is 608. The molecule has 1 aromatic carbocycles. The van der Waals surface area contributed by atoms with Gasteiger partial charge in [-0.1, -0.05) is 11.6 Å². The van der Waals surface area contributed by atoms with Crippen molar-refractivity contribution in [3.05, 3.63) is 52.9 Å². The van der Waals surface area contributed by atoms with Crippen molar-refractivity contribution in [2.24, 2.45) is 0 Å². The van der Waals surface area contributed by atoms with Gasteiger partial charge in [-0.05, 0) is 24.3 Å². The van der Waals surface area contributed by atoms with Crippen LogP contribution in [-0.2, 0) is 0 Å². The number of rotatable bonds is 3. The fourth-order valence-corrected chi connectivity index (χ4v) is 1.66. The van der Waals surface area contributed by atoms with Gasteiger partial charge in [-0.2, -0.15) is 0 Å². The van der Waals surface area contributed by atoms with Crippen molar-refractivity contribution in [1.29, 1.82) is 0 Å². The van der Waals surface area contributed by atoms with Gasteiger partial charge in [0.15, 0.2) is 0 Å². The lowest BCUT2D eigenvalue weighted by Gasteiger charge is -2.08. The van der Waals surface area contributed by atoms with Gasteiger partial charge < -0.3 is 15.1 Å². The Balaban J connectivity index is 2.24. The minimum Gasteiger partial charge on any atom is -0.472 e. The molecule has 0 unspecified atom stereocenters. The first-order valence-corrected chi connectivity index (χ1v) is 5.85. The molecule has 0 saturated carbocycles. The summed E-state index contributed by atoms with van der Waals surface area (Å²) in [5.41, 5.74) is 1.16. The van der Waals surface area contributed by atoms with Crippen molar-refractivity contribution >= 4 is 29.1 Å². The number of carbonyl (C=O) groups excluding carboxylic acids is 2. The molecule has 2 N–H and O–H groups in total. The van der Waals surface area contributed by atoms with Gasteiger partial charge >= 0.3 is 0 Å². The zero-order valence-corrected chi connectivity index (χ0v) is 10.8. The summed E-state index contributed by atoms with van der Waals surface area (Å²) in [7, 11) is 1.53. The number of benzene rings is 1. The number of halogens is 1. The van der Waals surface area contributed by atoms with Crippen molar-refractivity contribution in [2.75, 3.05) is 12.4 Å². The lowest BCUT2D eigenvalue weighted by molar-refractivity contribution is 0.0961. The lowest BCUT2D eigenvalue weighted by Crippen LogP contribution is -2.18. The van der Waals surface area contributed by atoms with Crippen molar-refractivity contribution in [3.63, 3.8) is 0 Å². The molecular weight excluding hydrogens is 268 g/mol. The normalized spacial score (nSPS) is 10.0. The predicted octanol–water partition coefficient (Wildman–Crippen LogP) is 2.54. The van der Waals surface area contributed by atoms with E-state index < -0.39 is 0 Å². The highest BCUT2D eigenvalue weighted by molar-refractivity contribution is 6.34. The first-order valence-electron chi connectivity index (χ1n) is 5.47. The summed E-state index contributed by atoms with van der Waals surface area (Å²) in [5.74, 6) is -0.611. The molecular formula is C13H11ClN2O3. The third kappa shape index (κ3) is 2.95. The van der Waals surface area contributed by atoms with E-state index in [0.717, 1.165) is 0 Å². The van der Waals surface area contributed by atoms with Gasteiger partial charge in [0.25, 0.3) is 11.8 Å². The second-order valence-corrected chi connectivity index (χ2v) is 4.15. The summed E-state index contributed by atoms with van der Waals surface area (Å²) >= 11 is 5.98. The summed E-state index contributed by atoms with van der Waals surface area (Å²) < 4.78 is 4.82. The van der Waals surface area contributed by atoms with Gasteiger partial charge in [-0.15, -0.1) is 0 Å².